The molecule has 0 spiro atoms. The van der Waals surface area contributed by atoms with E-state index >= 15 is 0 Å². The lowest BCUT2D eigenvalue weighted by Gasteiger charge is -1.66. The third kappa shape index (κ3) is 5.05. The molecule has 0 aromatic rings. The van der Waals surface area contributed by atoms with E-state index in [-0.39, 0.29) is 0 Å². The van der Waals surface area contributed by atoms with Gasteiger partial charge in [-0.25, -0.2) is 0 Å². The quantitative estimate of drug-likeness (QED) is 0.288. The van der Waals surface area contributed by atoms with Gasteiger partial charge in [-0.1, -0.05) is 18.1 Å². The normalized spacial score (nSPS) is 8.71. The molecule has 3 nitrogen and oxygen atoms in total. The van der Waals surface area contributed by atoms with E-state index in [1.807, 2.05) is 6.92 Å². The molecule has 0 radical (unpaired) electrons. The second-order valence-electron chi connectivity index (χ2n) is 0.998. The summed E-state index contributed by atoms with van der Waals surface area (Å²) in [4.78, 5) is 2.51. The van der Waals surface area contributed by atoms with Crippen molar-refractivity contribution in [3.05, 3.63) is 22.7 Å². The van der Waals surface area contributed by atoms with Crippen molar-refractivity contribution in [2.24, 2.45) is 5.11 Å². The Bertz CT molecular complexity index is 99.5. The van der Waals surface area contributed by atoms with Crippen LogP contribution in [0.15, 0.2) is 17.4 Å². The smallest absolute Gasteiger partial charge is 0.00474 e. The molecule has 7 heavy (non-hydrogen) atoms. The predicted octanol–water partition coefficient (Wildman–Crippen LogP) is 2.22. The Kier molecular flexibility index (Phi) is 4.36. The first kappa shape index (κ1) is 6.05. The van der Waals surface area contributed by atoms with Crippen LogP contribution < -0.4 is 0 Å². The molecule has 0 atom stereocenters. The van der Waals surface area contributed by atoms with Crippen LogP contribution in [0.1, 0.15) is 13.3 Å². The van der Waals surface area contributed by atoms with Gasteiger partial charge >= 0.3 is 0 Å². The van der Waals surface area contributed by atoms with Gasteiger partial charge in [0.15, 0.2) is 0 Å². The van der Waals surface area contributed by atoms with Gasteiger partial charge < -0.3 is 0 Å². The lowest BCUT2D eigenvalue weighted by molar-refractivity contribution is 1.21. The van der Waals surface area contributed by atoms with Crippen LogP contribution in [-0.2, 0) is 0 Å². The van der Waals surface area contributed by atoms with Gasteiger partial charge in [0.05, 0.1) is 0 Å². The highest BCUT2D eigenvalue weighted by Gasteiger charge is 1.57. The van der Waals surface area contributed by atoms with E-state index in [2.05, 4.69) is 10.0 Å². The molecule has 0 aromatic heterocycles. The molecule has 38 valence electrons. The molecule has 0 heterocycles. The minimum atomic E-state index is 0.916. The van der Waals surface area contributed by atoms with E-state index in [1.165, 1.54) is 6.20 Å². The maximum atomic E-state index is 7.70. The Morgan fingerprint density at radius 2 is 2.57 bits per heavy atom. The van der Waals surface area contributed by atoms with E-state index in [0.717, 1.165) is 6.42 Å². The summed E-state index contributed by atoms with van der Waals surface area (Å²) in [7, 11) is 0. The molecule has 0 aliphatic carbocycles. The lowest BCUT2D eigenvalue weighted by atomic mass is 10.5. The standard InChI is InChI=1S/C4H7N3/c1-2-3-4-6-7-5/h3-4H,2H2,1H3/b4-3+. The Morgan fingerprint density at radius 1 is 1.86 bits per heavy atom. The summed E-state index contributed by atoms with van der Waals surface area (Å²) in [6.07, 6.45) is 4.15. The molecule has 0 amide bonds. The van der Waals surface area contributed by atoms with Crippen molar-refractivity contribution >= 4 is 0 Å². The van der Waals surface area contributed by atoms with E-state index in [4.69, 9.17) is 5.53 Å². The minimum absolute atomic E-state index is 0.916. The molecule has 0 aromatic carbocycles. The first-order valence-electron chi connectivity index (χ1n) is 2.11. The van der Waals surface area contributed by atoms with E-state index < -0.39 is 0 Å². The van der Waals surface area contributed by atoms with E-state index in [0.29, 0.717) is 0 Å². The number of hydrogen-bond acceptors (Lipinski definition) is 1. The summed E-state index contributed by atoms with van der Waals surface area (Å²) >= 11 is 0. The van der Waals surface area contributed by atoms with Gasteiger partial charge in [0.2, 0.25) is 0 Å². The molecule has 0 fully saturated rings. The molecule has 0 aliphatic heterocycles. The first-order chi connectivity index (χ1) is 3.41. The van der Waals surface area contributed by atoms with E-state index in [1.54, 1.807) is 6.08 Å². The fraction of sp³-hybridized carbons (Fsp3) is 0.500. The Morgan fingerprint density at radius 3 is 3.00 bits per heavy atom. The molecule has 0 bridgehead atoms. The highest BCUT2D eigenvalue weighted by Crippen LogP contribution is 1.78. The van der Waals surface area contributed by atoms with Gasteiger partial charge in [-0.05, 0) is 18.2 Å². The number of rotatable bonds is 2. The highest BCUT2D eigenvalue weighted by atomic mass is 15.1. The van der Waals surface area contributed by atoms with Crippen LogP contribution >= 0.6 is 0 Å². The Labute approximate surface area is 42.3 Å². The molecule has 0 N–H and O–H groups in total. The second-order valence-corrected chi connectivity index (χ2v) is 0.998. The van der Waals surface area contributed by atoms with Crippen molar-refractivity contribution in [2.75, 3.05) is 0 Å². The SMILES string of the molecule is CC/C=C/N=[N+]=[N-]. The maximum Gasteiger partial charge on any atom is 0.00474 e. The van der Waals surface area contributed by atoms with E-state index in [9.17, 15) is 0 Å². The monoisotopic (exact) mass is 97.1 g/mol. The van der Waals surface area contributed by atoms with Gasteiger partial charge in [0.25, 0.3) is 0 Å². The predicted molar refractivity (Wildman–Crippen MR) is 28.6 cm³/mol. The van der Waals surface area contributed by atoms with Crippen LogP contribution in [0.4, 0.5) is 0 Å². The van der Waals surface area contributed by atoms with Gasteiger partial charge in [0.1, 0.15) is 0 Å². The summed E-state index contributed by atoms with van der Waals surface area (Å²) in [5.41, 5.74) is 7.70. The van der Waals surface area contributed by atoms with Crippen molar-refractivity contribution in [1.82, 2.24) is 0 Å². The molecule has 0 unspecified atom stereocenters. The summed E-state index contributed by atoms with van der Waals surface area (Å²) in [5, 5.41) is 3.16. The zero-order valence-electron chi connectivity index (χ0n) is 4.20. The van der Waals surface area contributed by atoms with Gasteiger partial charge in [-0.2, -0.15) is 0 Å². The highest BCUT2D eigenvalue weighted by molar-refractivity contribution is 4.77. The van der Waals surface area contributed by atoms with Crippen LogP contribution in [-0.4, -0.2) is 0 Å². The summed E-state index contributed by atoms with van der Waals surface area (Å²) in [5.74, 6) is 0. The minimum Gasteiger partial charge on any atom is -0.0826 e. The van der Waals surface area contributed by atoms with Crippen LogP contribution in [0.5, 0.6) is 0 Å². The summed E-state index contributed by atoms with van der Waals surface area (Å²) in [6.45, 7) is 1.98. The largest absolute Gasteiger partial charge is 0.0826 e. The van der Waals surface area contributed by atoms with Crippen molar-refractivity contribution < 1.29 is 0 Å². The Hall–Kier alpha value is -0.950. The molecule has 3 heteroatoms. The Balaban J connectivity index is 3.27. The van der Waals surface area contributed by atoms with Crippen molar-refractivity contribution in [3.8, 4) is 0 Å². The molecular weight excluding hydrogens is 90.1 g/mol. The average molecular weight is 97.1 g/mol. The van der Waals surface area contributed by atoms with Crippen LogP contribution in [0.25, 0.3) is 10.4 Å². The fourth-order valence-electron chi connectivity index (χ4n) is 0.182. The molecular formula is C4H7N3. The van der Waals surface area contributed by atoms with Crippen LogP contribution in [0.2, 0.25) is 0 Å². The third-order valence-corrected chi connectivity index (χ3v) is 0.459. The molecule has 0 rings (SSSR count). The fourth-order valence-corrected chi connectivity index (χ4v) is 0.182. The van der Waals surface area contributed by atoms with Crippen LogP contribution in [0, 0.1) is 0 Å². The third-order valence-electron chi connectivity index (χ3n) is 0.459. The van der Waals surface area contributed by atoms with Gasteiger partial charge in [0, 0.05) is 4.91 Å². The second kappa shape index (κ2) is 5.05. The summed E-state index contributed by atoms with van der Waals surface area (Å²) < 4.78 is 0. The first-order valence-corrected chi connectivity index (χ1v) is 2.11. The van der Waals surface area contributed by atoms with Crippen molar-refractivity contribution in [1.29, 1.82) is 0 Å². The van der Waals surface area contributed by atoms with Crippen molar-refractivity contribution in [2.45, 2.75) is 13.3 Å². The summed E-state index contributed by atoms with van der Waals surface area (Å²) in [6, 6.07) is 0. The topological polar surface area (TPSA) is 48.8 Å². The number of allylic oxidation sites excluding steroid dienone is 1. The molecule has 0 saturated carbocycles. The number of azide groups is 1. The number of nitrogens with zero attached hydrogens (tertiary/aromatic N) is 3. The zero-order valence-corrected chi connectivity index (χ0v) is 4.20. The lowest BCUT2D eigenvalue weighted by Crippen LogP contribution is -1.46. The molecule has 0 saturated heterocycles. The van der Waals surface area contributed by atoms with Crippen LogP contribution in [0.3, 0.4) is 0 Å². The maximum absolute atomic E-state index is 7.70. The van der Waals surface area contributed by atoms with Gasteiger partial charge in [-0.3, -0.25) is 0 Å². The van der Waals surface area contributed by atoms with Crippen molar-refractivity contribution in [3.63, 3.8) is 0 Å². The average Bonchev–Trinajstić information content (AvgIpc) is 1.69. The molecule has 0 aliphatic rings. The number of hydrogen-bond donors (Lipinski definition) is 0. The zero-order chi connectivity index (χ0) is 5.54. The van der Waals surface area contributed by atoms with Gasteiger partial charge in [-0.15, -0.1) is 0 Å².